The number of ether oxygens (including phenoxy) is 1. The minimum atomic E-state index is -0.646. The predicted molar refractivity (Wildman–Crippen MR) is 95.6 cm³/mol. The summed E-state index contributed by atoms with van der Waals surface area (Å²) in [5.41, 5.74) is 0.853. The zero-order valence-corrected chi connectivity index (χ0v) is 14.0. The number of ketones is 1. The van der Waals surface area contributed by atoms with Crippen molar-refractivity contribution in [3.05, 3.63) is 70.4 Å². The van der Waals surface area contributed by atoms with E-state index in [0.717, 1.165) is 11.6 Å². The summed E-state index contributed by atoms with van der Waals surface area (Å²) in [7, 11) is 0. The molecule has 0 aromatic heterocycles. The second-order valence-electron chi connectivity index (χ2n) is 5.05. The van der Waals surface area contributed by atoms with Gasteiger partial charge in [0.25, 0.3) is 0 Å². The Labute approximate surface area is 147 Å². The summed E-state index contributed by atoms with van der Waals surface area (Å²) >= 11 is 6.32. The average Bonchev–Trinajstić information content (AvgIpc) is 2.85. The van der Waals surface area contributed by atoms with E-state index in [-0.39, 0.29) is 17.8 Å². The molecular formula is C18H11FO3S2. The number of carbonyl (C=O) groups excluding carboxylic acids is 2. The van der Waals surface area contributed by atoms with E-state index in [1.54, 1.807) is 30.3 Å². The van der Waals surface area contributed by atoms with Crippen molar-refractivity contribution in [2.24, 2.45) is 0 Å². The molecule has 1 aliphatic rings. The number of allylic oxidation sites excluding steroid dienone is 1. The van der Waals surface area contributed by atoms with E-state index < -0.39 is 11.8 Å². The van der Waals surface area contributed by atoms with Gasteiger partial charge in [-0.1, -0.05) is 42.2 Å². The zero-order chi connectivity index (χ0) is 17.1. The number of hydrogen-bond acceptors (Lipinski definition) is 5. The van der Waals surface area contributed by atoms with Gasteiger partial charge in [-0.05, 0) is 42.0 Å². The Morgan fingerprint density at radius 1 is 1.21 bits per heavy atom. The highest BCUT2D eigenvalue weighted by Gasteiger charge is 2.22. The molecule has 1 fully saturated rings. The maximum Gasteiger partial charge on any atom is 0.343 e. The van der Waals surface area contributed by atoms with Crippen LogP contribution in [0.5, 0.6) is 5.75 Å². The standard InChI is InChI=1S/C18H11FO3S2/c19-13-5-2-4-12(9-13)18(21)22-14-6-1-3-11(7-14)8-16-15(20)10-17(23)24-16/h1-9H,10H2/b16-8-. The van der Waals surface area contributed by atoms with Gasteiger partial charge in [0.05, 0.1) is 21.1 Å². The minimum Gasteiger partial charge on any atom is -0.423 e. The number of thiocarbonyl (C=S) groups is 1. The highest BCUT2D eigenvalue weighted by atomic mass is 32.2. The molecule has 2 aromatic rings. The van der Waals surface area contributed by atoms with Crippen LogP contribution in [0.4, 0.5) is 4.39 Å². The van der Waals surface area contributed by atoms with Crippen molar-refractivity contribution in [2.75, 3.05) is 0 Å². The topological polar surface area (TPSA) is 43.4 Å². The molecule has 6 heteroatoms. The number of esters is 1. The van der Waals surface area contributed by atoms with Gasteiger partial charge in [0.1, 0.15) is 11.6 Å². The number of halogens is 1. The van der Waals surface area contributed by atoms with Gasteiger partial charge in [0.2, 0.25) is 0 Å². The molecule has 0 atom stereocenters. The molecule has 3 rings (SSSR count). The first-order chi connectivity index (χ1) is 11.5. The molecule has 2 aromatic carbocycles. The van der Waals surface area contributed by atoms with Crippen molar-refractivity contribution in [3.63, 3.8) is 0 Å². The molecule has 1 heterocycles. The fourth-order valence-electron chi connectivity index (χ4n) is 2.14. The molecule has 0 amide bonds. The SMILES string of the molecule is O=C1CC(=S)S/C1=C\c1cccc(OC(=O)c2cccc(F)c2)c1. The Kier molecular flexibility index (Phi) is 4.87. The van der Waals surface area contributed by atoms with E-state index in [2.05, 4.69) is 0 Å². The van der Waals surface area contributed by atoms with E-state index in [1.165, 1.54) is 30.0 Å². The Bertz CT molecular complexity index is 874. The first-order valence-corrected chi connectivity index (χ1v) is 8.27. The predicted octanol–water partition coefficient (Wildman–Crippen LogP) is 4.42. The van der Waals surface area contributed by atoms with E-state index in [1.807, 2.05) is 0 Å². The van der Waals surface area contributed by atoms with Crippen molar-refractivity contribution >= 4 is 46.0 Å². The third kappa shape index (κ3) is 3.96. The summed E-state index contributed by atoms with van der Waals surface area (Å²) in [6.07, 6.45) is 1.99. The lowest BCUT2D eigenvalue weighted by Crippen LogP contribution is -2.08. The fraction of sp³-hybridized carbons (Fsp3) is 0.0556. The third-order valence-corrected chi connectivity index (χ3v) is 4.56. The van der Waals surface area contributed by atoms with Gasteiger partial charge in [-0.3, -0.25) is 4.79 Å². The molecule has 0 N–H and O–H groups in total. The van der Waals surface area contributed by atoms with Crippen LogP contribution in [0.15, 0.2) is 53.4 Å². The number of benzene rings is 2. The highest BCUT2D eigenvalue weighted by Crippen LogP contribution is 2.32. The van der Waals surface area contributed by atoms with E-state index >= 15 is 0 Å². The lowest BCUT2D eigenvalue weighted by Gasteiger charge is -2.05. The summed E-state index contributed by atoms with van der Waals surface area (Å²) in [4.78, 5) is 24.4. The number of hydrogen-bond donors (Lipinski definition) is 0. The van der Waals surface area contributed by atoms with Gasteiger partial charge in [0.15, 0.2) is 5.78 Å². The van der Waals surface area contributed by atoms with Crippen molar-refractivity contribution in [2.45, 2.75) is 6.42 Å². The Balaban J connectivity index is 1.78. The lowest BCUT2D eigenvalue weighted by atomic mass is 10.1. The van der Waals surface area contributed by atoms with Crippen LogP contribution in [-0.4, -0.2) is 15.9 Å². The normalized spacial score (nSPS) is 15.8. The number of thioether (sulfide) groups is 1. The van der Waals surface area contributed by atoms with Crippen molar-refractivity contribution in [1.82, 2.24) is 0 Å². The van der Waals surface area contributed by atoms with Crippen LogP contribution in [0.25, 0.3) is 6.08 Å². The van der Waals surface area contributed by atoms with Gasteiger partial charge in [-0.15, -0.1) is 0 Å². The van der Waals surface area contributed by atoms with Crippen LogP contribution in [0.2, 0.25) is 0 Å². The maximum absolute atomic E-state index is 13.2. The summed E-state index contributed by atoms with van der Waals surface area (Å²) in [6.45, 7) is 0. The van der Waals surface area contributed by atoms with Crippen LogP contribution < -0.4 is 4.74 Å². The second-order valence-corrected chi connectivity index (χ2v) is 6.94. The van der Waals surface area contributed by atoms with Crippen LogP contribution in [0, 0.1) is 5.82 Å². The monoisotopic (exact) mass is 358 g/mol. The largest absolute Gasteiger partial charge is 0.423 e. The van der Waals surface area contributed by atoms with E-state index in [4.69, 9.17) is 17.0 Å². The minimum absolute atomic E-state index is 0.00726. The number of rotatable bonds is 3. The van der Waals surface area contributed by atoms with Crippen molar-refractivity contribution in [3.8, 4) is 5.75 Å². The highest BCUT2D eigenvalue weighted by molar-refractivity contribution is 8.27. The molecular weight excluding hydrogens is 347 g/mol. The molecule has 0 aliphatic carbocycles. The summed E-state index contributed by atoms with van der Waals surface area (Å²) in [5, 5.41) is 0. The lowest BCUT2D eigenvalue weighted by molar-refractivity contribution is -0.113. The molecule has 1 saturated heterocycles. The maximum atomic E-state index is 13.2. The smallest absolute Gasteiger partial charge is 0.343 e. The van der Waals surface area contributed by atoms with Gasteiger partial charge >= 0.3 is 5.97 Å². The Morgan fingerprint density at radius 2 is 2.00 bits per heavy atom. The molecule has 0 bridgehead atoms. The molecule has 24 heavy (non-hydrogen) atoms. The molecule has 0 unspecified atom stereocenters. The first-order valence-electron chi connectivity index (χ1n) is 7.05. The molecule has 3 nitrogen and oxygen atoms in total. The van der Waals surface area contributed by atoms with Crippen LogP contribution in [-0.2, 0) is 4.79 Å². The average molecular weight is 358 g/mol. The summed E-state index contributed by atoms with van der Waals surface area (Å²) < 4.78 is 19.1. The van der Waals surface area contributed by atoms with Crippen molar-refractivity contribution in [1.29, 1.82) is 0 Å². The van der Waals surface area contributed by atoms with Crippen LogP contribution in [0.1, 0.15) is 22.3 Å². The van der Waals surface area contributed by atoms with Gasteiger partial charge in [-0.2, -0.15) is 0 Å². The van der Waals surface area contributed by atoms with Gasteiger partial charge in [-0.25, -0.2) is 9.18 Å². The van der Waals surface area contributed by atoms with Gasteiger partial charge in [0, 0.05) is 0 Å². The summed E-state index contributed by atoms with van der Waals surface area (Å²) in [5.74, 6) is -0.841. The molecule has 0 spiro atoms. The summed E-state index contributed by atoms with van der Waals surface area (Å²) in [6, 6.07) is 12.1. The van der Waals surface area contributed by atoms with Gasteiger partial charge < -0.3 is 4.74 Å². The Morgan fingerprint density at radius 3 is 2.71 bits per heavy atom. The quantitative estimate of drug-likeness (QED) is 0.352. The van der Waals surface area contributed by atoms with Crippen LogP contribution >= 0.6 is 24.0 Å². The molecule has 0 saturated carbocycles. The van der Waals surface area contributed by atoms with Crippen LogP contribution in [0.3, 0.4) is 0 Å². The zero-order valence-electron chi connectivity index (χ0n) is 12.3. The Hall–Kier alpha value is -2.31. The molecule has 0 radical (unpaired) electrons. The fourth-order valence-corrected chi connectivity index (χ4v) is 3.37. The number of carbonyl (C=O) groups is 2. The first kappa shape index (κ1) is 16.5. The van der Waals surface area contributed by atoms with Crippen molar-refractivity contribution < 1.29 is 18.7 Å². The second kappa shape index (κ2) is 7.07. The van der Waals surface area contributed by atoms with E-state index in [0.29, 0.717) is 14.9 Å². The molecule has 1 aliphatic heterocycles. The number of Topliss-reactive ketones (excluding diaryl/α,β-unsaturated/α-hetero) is 1. The molecule has 120 valence electrons. The third-order valence-electron chi connectivity index (χ3n) is 3.23. The van der Waals surface area contributed by atoms with E-state index in [9.17, 15) is 14.0 Å².